The number of hydrogen-bond donors (Lipinski definition) is 4. The molecule has 0 aliphatic rings. The minimum Gasteiger partial charge on any atom is -0.504 e. The summed E-state index contributed by atoms with van der Waals surface area (Å²) in [6, 6.07) is 9.45. The van der Waals surface area contributed by atoms with Gasteiger partial charge in [0.25, 0.3) is 0 Å². The monoisotopic (exact) mass is 490 g/mol. The van der Waals surface area contributed by atoms with Crippen molar-refractivity contribution in [2.75, 3.05) is 20.8 Å². The maximum Gasteiger partial charge on any atom is 0.303 e. The first-order valence-electron chi connectivity index (χ1n) is 11.4. The minimum atomic E-state index is -1.17. The molecule has 4 N–H and O–H groups in total. The standard InChI is InChI=1S/C26H34O9/c1-16(28)35-26(23(32)11-17-6-8-21(30)24(12-17)33-2)15-20(29)13-18(5-4-10-27)19-7-9-22(31)25(14-19)34-3/h6-9,12,14,18,23,26-27,30-32H,4-5,10-11,13,15H2,1-3H3/t18-,23-,26-/m0/s1. The SMILES string of the molecule is COc1cc(C[C@H](O)[C@H](CC(=O)C[C@H](CCCO)c2ccc(O)c(OC)c2)OC(C)=O)ccc1O. The zero-order chi connectivity index (χ0) is 26.0. The molecule has 0 aliphatic carbocycles. The van der Waals surface area contributed by atoms with Crippen molar-refractivity contribution in [2.24, 2.45) is 0 Å². The Morgan fingerprint density at radius 3 is 2.17 bits per heavy atom. The molecule has 0 unspecified atom stereocenters. The number of carbonyl (C=O) groups excluding carboxylic acids is 2. The second-order valence-electron chi connectivity index (χ2n) is 8.37. The summed E-state index contributed by atoms with van der Waals surface area (Å²) in [5.74, 6) is -0.656. The van der Waals surface area contributed by atoms with Crippen molar-refractivity contribution in [3.05, 3.63) is 47.5 Å². The van der Waals surface area contributed by atoms with Gasteiger partial charge in [0.15, 0.2) is 23.0 Å². The van der Waals surface area contributed by atoms with Gasteiger partial charge in [-0.15, -0.1) is 0 Å². The maximum atomic E-state index is 13.0. The molecule has 35 heavy (non-hydrogen) atoms. The molecule has 0 saturated heterocycles. The molecule has 0 amide bonds. The Bertz CT molecular complexity index is 989. The van der Waals surface area contributed by atoms with Gasteiger partial charge in [-0.25, -0.2) is 0 Å². The fourth-order valence-electron chi connectivity index (χ4n) is 3.95. The van der Waals surface area contributed by atoms with Crippen molar-refractivity contribution in [2.45, 2.75) is 57.2 Å². The van der Waals surface area contributed by atoms with Gasteiger partial charge in [0.2, 0.25) is 0 Å². The molecule has 0 fully saturated rings. The first-order valence-corrected chi connectivity index (χ1v) is 11.4. The lowest BCUT2D eigenvalue weighted by Crippen LogP contribution is -2.34. The van der Waals surface area contributed by atoms with Gasteiger partial charge in [-0.1, -0.05) is 12.1 Å². The minimum absolute atomic E-state index is 0.0209. The van der Waals surface area contributed by atoms with E-state index >= 15 is 0 Å². The van der Waals surface area contributed by atoms with Crippen LogP contribution in [-0.2, 0) is 20.7 Å². The van der Waals surface area contributed by atoms with Crippen molar-refractivity contribution < 1.29 is 44.2 Å². The quantitative estimate of drug-likeness (QED) is 0.294. The van der Waals surface area contributed by atoms with Crippen LogP contribution in [0.15, 0.2) is 36.4 Å². The maximum absolute atomic E-state index is 13.0. The molecule has 9 nitrogen and oxygen atoms in total. The van der Waals surface area contributed by atoms with Crippen LogP contribution in [0.3, 0.4) is 0 Å². The summed E-state index contributed by atoms with van der Waals surface area (Å²) in [4.78, 5) is 24.7. The van der Waals surface area contributed by atoms with E-state index in [1.165, 1.54) is 33.3 Å². The van der Waals surface area contributed by atoms with E-state index in [9.17, 15) is 30.0 Å². The lowest BCUT2D eigenvalue weighted by Gasteiger charge is -2.24. The highest BCUT2D eigenvalue weighted by molar-refractivity contribution is 5.80. The van der Waals surface area contributed by atoms with E-state index in [1.807, 2.05) is 0 Å². The van der Waals surface area contributed by atoms with Crippen molar-refractivity contribution in [1.29, 1.82) is 0 Å². The molecule has 0 radical (unpaired) electrons. The number of esters is 1. The number of phenols is 2. The molecule has 0 heterocycles. The van der Waals surface area contributed by atoms with Crippen LogP contribution in [0.1, 0.15) is 49.7 Å². The average Bonchev–Trinajstić information content (AvgIpc) is 2.82. The van der Waals surface area contributed by atoms with E-state index in [4.69, 9.17) is 14.2 Å². The highest BCUT2D eigenvalue weighted by Crippen LogP contribution is 2.34. The number of hydrogen-bond acceptors (Lipinski definition) is 9. The van der Waals surface area contributed by atoms with Gasteiger partial charge >= 0.3 is 5.97 Å². The van der Waals surface area contributed by atoms with E-state index in [0.717, 1.165) is 5.56 Å². The number of Topliss-reactive ketones (excluding diaryl/α,β-unsaturated/α-hetero) is 1. The number of rotatable bonds is 14. The van der Waals surface area contributed by atoms with Gasteiger partial charge in [-0.05, 0) is 54.2 Å². The van der Waals surface area contributed by atoms with Crippen LogP contribution < -0.4 is 9.47 Å². The third-order valence-electron chi connectivity index (χ3n) is 5.72. The molecule has 0 spiro atoms. The Hall–Kier alpha value is -3.30. The first-order chi connectivity index (χ1) is 16.7. The predicted molar refractivity (Wildman–Crippen MR) is 128 cm³/mol. The molecule has 0 saturated carbocycles. The lowest BCUT2D eigenvalue weighted by molar-refractivity contribution is -0.154. The summed E-state index contributed by atoms with van der Waals surface area (Å²) in [7, 11) is 2.84. The van der Waals surface area contributed by atoms with Crippen LogP contribution in [0.2, 0.25) is 0 Å². The van der Waals surface area contributed by atoms with Crippen molar-refractivity contribution in [3.63, 3.8) is 0 Å². The summed E-state index contributed by atoms with van der Waals surface area (Å²) in [5.41, 5.74) is 1.40. The van der Waals surface area contributed by atoms with Gasteiger partial charge in [0, 0.05) is 32.8 Å². The fourth-order valence-corrected chi connectivity index (χ4v) is 3.95. The molecular weight excluding hydrogens is 456 g/mol. The lowest BCUT2D eigenvalue weighted by atomic mass is 9.87. The number of aliphatic hydroxyl groups is 2. The summed E-state index contributed by atoms with van der Waals surface area (Å²) >= 11 is 0. The van der Waals surface area contributed by atoms with Crippen LogP contribution in [0, 0.1) is 0 Å². The highest BCUT2D eigenvalue weighted by Gasteiger charge is 2.27. The second kappa shape index (κ2) is 13.6. The summed E-state index contributed by atoms with van der Waals surface area (Å²) in [6.07, 6.45) is -1.27. The molecule has 2 rings (SSSR count). The molecular formula is C26H34O9. The van der Waals surface area contributed by atoms with Gasteiger partial charge in [-0.2, -0.15) is 0 Å². The van der Waals surface area contributed by atoms with Crippen LogP contribution in [0.25, 0.3) is 0 Å². The van der Waals surface area contributed by atoms with Crippen LogP contribution in [0.4, 0.5) is 0 Å². The molecule has 3 atom stereocenters. The Labute approximate surface area is 204 Å². The first kappa shape index (κ1) is 27.9. The van der Waals surface area contributed by atoms with Gasteiger partial charge < -0.3 is 34.6 Å². The highest BCUT2D eigenvalue weighted by atomic mass is 16.6. The van der Waals surface area contributed by atoms with E-state index in [-0.39, 0.29) is 60.6 Å². The van der Waals surface area contributed by atoms with Crippen molar-refractivity contribution in [3.8, 4) is 23.0 Å². The molecule has 0 aliphatic heterocycles. The van der Waals surface area contributed by atoms with Crippen LogP contribution in [-0.4, -0.2) is 65.2 Å². The third kappa shape index (κ3) is 8.45. The Balaban J connectivity index is 2.16. The zero-order valence-corrected chi connectivity index (χ0v) is 20.3. The number of aromatic hydroxyl groups is 2. The number of phenolic OH excluding ortho intramolecular Hbond substituents is 2. The topological polar surface area (TPSA) is 143 Å². The van der Waals surface area contributed by atoms with Crippen LogP contribution >= 0.6 is 0 Å². The van der Waals surface area contributed by atoms with Gasteiger partial charge in [0.05, 0.1) is 20.3 Å². The molecule has 2 aromatic rings. The molecule has 9 heteroatoms. The largest absolute Gasteiger partial charge is 0.504 e. The predicted octanol–water partition coefficient (Wildman–Crippen LogP) is 2.86. The number of methoxy groups -OCH3 is 2. The van der Waals surface area contributed by atoms with E-state index < -0.39 is 18.2 Å². The molecule has 0 aromatic heterocycles. The Kier molecular flexibility index (Phi) is 10.8. The van der Waals surface area contributed by atoms with E-state index in [2.05, 4.69) is 0 Å². The van der Waals surface area contributed by atoms with E-state index in [0.29, 0.717) is 18.4 Å². The molecule has 192 valence electrons. The molecule has 2 aromatic carbocycles. The summed E-state index contributed by atoms with van der Waals surface area (Å²) in [5, 5.41) is 39.7. The van der Waals surface area contributed by atoms with Crippen LogP contribution in [0.5, 0.6) is 23.0 Å². The van der Waals surface area contributed by atoms with E-state index in [1.54, 1.807) is 24.3 Å². The average molecular weight is 491 g/mol. The normalized spacial score (nSPS) is 13.5. The zero-order valence-electron chi connectivity index (χ0n) is 20.3. The summed E-state index contributed by atoms with van der Waals surface area (Å²) in [6.45, 7) is 1.17. The third-order valence-corrected chi connectivity index (χ3v) is 5.72. The summed E-state index contributed by atoms with van der Waals surface area (Å²) < 4.78 is 15.5. The Morgan fingerprint density at radius 2 is 1.57 bits per heavy atom. The number of ether oxygens (including phenoxy) is 3. The van der Waals surface area contributed by atoms with Crippen molar-refractivity contribution >= 4 is 11.8 Å². The van der Waals surface area contributed by atoms with Gasteiger partial charge in [-0.3, -0.25) is 9.59 Å². The van der Waals surface area contributed by atoms with Crippen molar-refractivity contribution in [1.82, 2.24) is 0 Å². The second-order valence-corrected chi connectivity index (χ2v) is 8.37. The fraction of sp³-hybridized carbons (Fsp3) is 0.462. The number of aliphatic hydroxyl groups excluding tert-OH is 2. The molecule has 0 bridgehead atoms. The Morgan fingerprint density at radius 1 is 0.943 bits per heavy atom. The number of carbonyl (C=O) groups is 2. The smallest absolute Gasteiger partial charge is 0.303 e. The van der Waals surface area contributed by atoms with Gasteiger partial charge in [0.1, 0.15) is 11.9 Å². The number of ketones is 1. The number of benzene rings is 2.